The molecule has 2 aromatic rings. The summed E-state index contributed by atoms with van der Waals surface area (Å²) in [6.45, 7) is 3.78. The molecule has 0 saturated heterocycles. The summed E-state index contributed by atoms with van der Waals surface area (Å²) in [5, 5.41) is 10.8. The van der Waals surface area contributed by atoms with E-state index in [2.05, 4.69) is 0 Å². The molecular weight excluding hydrogens is 279 g/mol. The zero-order chi connectivity index (χ0) is 14.0. The molecule has 1 N–H and O–H groups in total. The van der Waals surface area contributed by atoms with Crippen molar-refractivity contribution in [2.45, 2.75) is 13.8 Å². The summed E-state index contributed by atoms with van der Waals surface area (Å²) < 4.78 is 0. The van der Waals surface area contributed by atoms with Gasteiger partial charge in [0.1, 0.15) is 5.75 Å². The van der Waals surface area contributed by atoms with Crippen LogP contribution in [0.15, 0.2) is 30.3 Å². The van der Waals surface area contributed by atoms with Crippen LogP contribution in [0.5, 0.6) is 5.75 Å². The van der Waals surface area contributed by atoms with Crippen LogP contribution in [0.2, 0.25) is 10.0 Å². The molecule has 0 aliphatic carbocycles. The summed E-state index contributed by atoms with van der Waals surface area (Å²) in [6, 6.07) is 9.38. The summed E-state index contributed by atoms with van der Waals surface area (Å²) in [5.74, 6) is 0.353. The van der Waals surface area contributed by atoms with E-state index in [1.807, 2.05) is 50.3 Å². The van der Waals surface area contributed by atoms with Crippen LogP contribution in [0.4, 0.5) is 0 Å². The second kappa shape index (κ2) is 5.68. The number of rotatable bonds is 2. The number of aromatic hydroxyl groups is 1. The number of hydrogen-bond donors (Lipinski definition) is 1. The highest BCUT2D eigenvalue weighted by atomic mass is 35.5. The lowest BCUT2D eigenvalue weighted by molar-refractivity contribution is 0.467. The average molecular weight is 293 g/mol. The minimum absolute atomic E-state index is 0.353. The first-order valence-corrected chi connectivity index (χ1v) is 6.66. The molecule has 98 valence electrons. The largest absolute Gasteiger partial charge is 0.507 e. The minimum atomic E-state index is 0.353. The van der Waals surface area contributed by atoms with Gasteiger partial charge >= 0.3 is 0 Å². The van der Waals surface area contributed by atoms with Crippen LogP contribution >= 0.6 is 23.2 Å². The number of halogens is 2. The SMILES string of the molecule is Cc1cc(/C=C\c2ccc(Cl)c(Cl)c2)cc(C)c1O. The Morgan fingerprint density at radius 2 is 1.42 bits per heavy atom. The van der Waals surface area contributed by atoms with Crippen LogP contribution < -0.4 is 0 Å². The smallest absolute Gasteiger partial charge is 0.121 e. The molecule has 0 unspecified atom stereocenters. The van der Waals surface area contributed by atoms with Gasteiger partial charge in [-0.15, -0.1) is 0 Å². The third-order valence-electron chi connectivity index (χ3n) is 2.93. The molecule has 2 rings (SSSR count). The number of phenols is 1. The summed E-state index contributed by atoms with van der Waals surface area (Å²) in [7, 11) is 0. The zero-order valence-electron chi connectivity index (χ0n) is 10.7. The topological polar surface area (TPSA) is 20.2 Å². The Morgan fingerprint density at radius 1 is 0.842 bits per heavy atom. The molecule has 0 heterocycles. The van der Waals surface area contributed by atoms with Crippen molar-refractivity contribution in [3.8, 4) is 5.75 Å². The molecule has 0 radical (unpaired) electrons. The first-order chi connectivity index (χ1) is 8.97. The van der Waals surface area contributed by atoms with E-state index in [0.29, 0.717) is 15.8 Å². The Bertz CT molecular complexity index is 622. The number of phenolic OH excluding ortho intramolecular Hbond substituents is 1. The predicted molar refractivity (Wildman–Crippen MR) is 83.0 cm³/mol. The lowest BCUT2D eigenvalue weighted by Crippen LogP contribution is -1.83. The zero-order valence-corrected chi connectivity index (χ0v) is 12.3. The lowest BCUT2D eigenvalue weighted by atomic mass is 10.0. The molecule has 2 aromatic carbocycles. The van der Waals surface area contributed by atoms with Crippen molar-refractivity contribution < 1.29 is 5.11 Å². The van der Waals surface area contributed by atoms with Gasteiger partial charge in [0.05, 0.1) is 10.0 Å². The van der Waals surface area contributed by atoms with Crippen LogP contribution in [0.25, 0.3) is 12.2 Å². The van der Waals surface area contributed by atoms with Gasteiger partial charge in [0.25, 0.3) is 0 Å². The molecule has 0 saturated carbocycles. The van der Waals surface area contributed by atoms with E-state index >= 15 is 0 Å². The fourth-order valence-electron chi connectivity index (χ4n) is 1.89. The van der Waals surface area contributed by atoms with Gasteiger partial charge in [-0.25, -0.2) is 0 Å². The van der Waals surface area contributed by atoms with Crippen molar-refractivity contribution in [2.75, 3.05) is 0 Å². The minimum Gasteiger partial charge on any atom is -0.507 e. The number of hydrogen-bond acceptors (Lipinski definition) is 1. The molecule has 0 atom stereocenters. The summed E-state index contributed by atoms with van der Waals surface area (Å²) in [4.78, 5) is 0. The molecule has 0 bridgehead atoms. The third-order valence-corrected chi connectivity index (χ3v) is 3.66. The maximum atomic E-state index is 9.73. The third kappa shape index (κ3) is 3.31. The predicted octanol–water partition coefficient (Wildman–Crippen LogP) is 5.49. The highest BCUT2D eigenvalue weighted by Gasteiger charge is 2.01. The fourth-order valence-corrected chi connectivity index (χ4v) is 2.20. The molecule has 3 heteroatoms. The van der Waals surface area contributed by atoms with Gasteiger partial charge in [-0.1, -0.05) is 41.4 Å². The highest BCUT2D eigenvalue weighted by Crippen LogP contribution is 2.25. The van der Waals surface area contributed by atoms with Crippen molar-refractivity contribution in [1.82, 2.24) is 0 Å². The fraction of sp³-hybridized carbons (Fsp3) is 0.125. The Hall–Kier alpha value is -1.44. The molecule has 19 heavy (non-hydrogen) atoms. The van der Waals surface area contributed by atoms with Gasteiger partial charge in [-0.3, -0.25) is 0 Å². The molecule has 0 aromatic heterocycles. The molecule has 0 spiro atoms. The maximum Gasteiger partial charge on any atom is 0.121 e. The summed E-state index contributed by atoms with van der Waals surface area (Å²) in [6.07, 6.45) is 3.95. The lowest BCUT2D eigenvalue weighted by Gasteiger charge is -2.04. The second-order valence-corrected chi connectivity index (χ2v) is 5.32. The first kappa shape index (κ1) is 14.0. The quantitative estimate of drug-likeness (QED) is 0.726. The molecule has 1 nitrogen and oxygen atoms in total. The van der Waals surface area contributed by atoms with Crippen LogP contribution in [-0.4, -0.2) is 5.11 Å². The summed E-state index contributed by atoms with van der Waals surface area (Å²) >= 11 is 11.8. The Morgan fingerprint density at radius 3 is 2.00 bits per heavy atom. The van der Waals surface area contributed by atoms with Crippen LogP contribution in [0, 0.1) is 13.8 Å². The highest BCUT2D eigenvalue weighted by molar-refractivity contribution is 6.42. The first-order valence-electron chi connectivity index (χ1n) is 5.90. The Labute approximate surface area is 123 Å². The molecule has 0 amide bonds. The molecule has 0 aliphatic rings. The van der Waals surface area contributed by atoms with Crippen molar-refractivity contribution in [2.24, 2.45) is 0 Å². The van der Waals surface area contributed by atoms with Crippen molar-refractivity contribution >= 4 is 35.4 Å². The van der Waals surface area contributed by atoms with E-state index in [1.165, 1.54) is 0 Å². The van der Waals surface area contributed by atoms with Crippen LogP contribution in [-0.2, 0) is 0 Å². The normalized spacial score (nSPS) is 11.2. The summed E-state index contributed by atoms with van der Waals surface area (Å²) in [5.41, 5.74) is 3.76. The average Bonchev–Trinajstić information content (AvgIpc) is 2.37. The van der Waals surface area contributed by atoms with Crippen molar-refractivity contribution in [3.63, 3.8) is 0 Å². The van der Waals surface area contributed by atoms with E-state index in [9.17, 15) is 5.11 Å². The van der Waals surface area contributed by atoms with E-state index in [4.69, 9.17) is 23.2 Å². The van der Waals surface area contributed by atoms with E-state index in [1.54, 1.807) is 6.07 Å². The van der Waals surface area contributed by atoms with Gasteiger partial charge in [0.2, 0.25) is 0 Å². The van der Waals surface area contributed by atoms with E-state index in [0.717, 1.165) is 22.3 Å². The maximum absolute atomic E-state index is 9.73. The van der Waals surface area contributed by atoms with Gasteiger partial charge < -0.3 is 5.11 Å². The van der Waals surface area contributed by atoms with Crippen LogP contribution in [0.1, 0.15) is 22.3 Å². The monoisotopic (exact) mass is 292 g/mol. The number of aryl methyl sites for hydroxylation is 2. The standard InChI is InChI=1S/C16H14Cl2O/c1-10-7-13(8-11(2)16(10)19)4-3-12-5-6-14(17)15(18)9-12/h3-9,19H,1-2H3/b4-3-. The Balaban J connectivity index is 2.30. The molecule has 0 aliphatic heterocycles. The second-order valence-electron chi connectivity index (χ2n) is 4.51. The molecular formula is C16H14Cl2O. The molecule has 0 fully saturated rings. The van der Waals surface area contributed by atoms with Crippen LogP contribution in [0.3, 0.4) is 0 Å². The van der Waals surface area contributed by atoms with Gasteiger partial charge in [-0.05, 0) is 60.4 Å². The van der Waals surface area contributed by atoms with Gasteiger partial charge in [0.15, 0.2) is 0 Å². The van der Waals surface area contributed by atoms with Gasteiger partial charge in [-0.2, -0.15) is 0 Å². The van der Waals surface area contributed by atoms with E-state index < -0.39 is 0 Å². The van der Waals surface area contributed by atoms with E-state index in [-0.39, 0.29) is 0 Å². The Kier molecular flexibility index (Phi) is 4.18. The van der Waals surface area contributed by atoms with Gasteiger partial charge in [0, 0.05) is 0 Å². The number of benzene rings is 2. The van der Waals surface area contributed by atoms with Crippen molar-refractivity contribution in [3.05, 3.63) is 62.6 Å². The van der Waals surface area contributed by atoms with Crippen molar-refractivity contribution in [1.29, 1.82) is 0 Å².